The summed E-state index contributed by atoms with van der Waals surface area (Å²) < 4.78 is 5.90. The van der Waals surface area contributed by atoms with E-state index in [0.717, 1.165) is 4.47 Å². The van der Waals surface area contributed by atoms with Crippen LogP contribution in [0.3, 0.4) is 0 Å². The maximum atomic E-state index is 11.9. The number of phenolic OH excluding ortho intramolecular Hbond substituents is 1. The third-order valence-electron chi connectivity index (χ3n) is 2.68. The fraction of sp³-hybridized carbons (Fsp3) is 0.364. The minimum atomic E-state index is -0.367. The van der Waals surface area contributed by atoms with Crippen molar-refractivity contribution in [1.29, 1.82) is 0 Å². The molecule has 1 aromatic carbocycles. The minimum absolute atomic E-state index is 0.0223. The molecule has 1 heterocycles. The van der Waals surface area contributed by atoms with Gasteiger partial charge in [-0.25, -0.2) is 0 Å². The van der Waals surface area contributed by atoms with Crippen LogP contribution in [0.5, 0.6) is 5.75 Å². The molecule has 1 amide bonds. The fourth-order valence-corrected chi connectivity index (χ4v) is 2.04. The van der Waals surface area contributed by atoms with Crippen molar-refractivity contribution >= 4 is 27.5 Å². The average Bonchev–Trinajstić information content (AvgIpc) is 2.70. The highest BCUT2D eigenvalue weighted by atomic mass is 79.9. The fourth-order valence-electron chi connectivity index (χ4n) is 1.67. The highest BCUT2D eigenvalue weighted by Gasteiger charge is 2.31. The molecule has 2 unspecified atom stereocenters. The molecule has 1 saturated heterocycles. The SMILES string of the molecule is NC1COCC1C(=O)Nc1cc(Br)ccc1O. The van der Waals surface area contributed by atoms with Crippen LogP contribution in [0.1, 0.15) is 0 Å². The maximum Gasteiger partial charge on any atom is 0.231 e. The van der Waals surface area contributed by atoms with Crippen LogP contribution in [0.2, 0.25) is 0 Å². The summed E-state index contributed by atoms with van der Waals surface area (Å²) in [7, 11) is 0. The van der Waals surface area contributed by atoms with Crippen LogP contribution in [0.15, 0.2) is 22.7 Å². The maximum absolute atomic E-state index is 11.9. The van der Waals surface area contributed by atoms with Gasteiger partial charge in [-0.05, 0) is 18.2 Å². The Morgan fingerprint density at radius 2 is 2.29 bits per heavy atom. The molecule has 0 aromatic heterocycles. The Hall–Kier alpha value is -1.11. The molecule has 0 aliphatic carbocycles. The Kier molecular flexibility index (Phi) is 3.66. The van der Waals surface area contributed by atoms with E-state index in [4.69, 9.17) is 10.5 Å². The van der Waals surface area contributed by atoms with Crippen molar-refractivity contribution in [2.45, 2.75) is 6.04 Å². The first-order valence-corrected chi connectivity index (χ1v) is 6.00. The van der Waals surface area contributed by atoms with Crippen molar-refractivity contribution in [3.8, 4) is 5.75 Å². The van der Waals surface area contributed by atoms with Crippen molar-refractivity contribution in [3.05, 3.63) is 22.7 Å². The summed E-state index contributed by atoms with van der Waals surface area (Å²) in [6, 6.07) is 4.54. The van der Waals surface area contributed by atoms with Crippen LogP contribution >= 0.6 is 15.9 Å². The number of benzene rings is 1. The number of nitrogens with two attached hydrogens (primary N) is 1. The number of amides is 1. The number of halogens is 1. The summed E-state index contributed by atoms with van der Waals surface area (Å²) in [6.45, 7) is 0.713. The third-order valence-corrected chi connectivity index (χ3v) is 3.17. The molecule has 5 nitrogen and oxygen atoms in total. The first-order chi connectivity index (χ1) is 8.08. The van der Waals surface area contributed by atoms with Crippen LogP contribution in [0, 0.1) is 5.92 Å². The molecule has 2 rings (SSSR count). The number of aromatic hydroxyl groups is 1. The van der Waals surface area contributed by atoms with Gasteiger partial charge in [0.15, 0.2) is 0 Å². The molecule has 0 spiro atoms. The van der Waals surface area contributed by atoms with Gasteiger partial charge in [0.25, 0.3) is 0 Å². The van der Waals surface area contributed by atoms with Gasteiger partial charge < -0.3 is 20.9 Å². The molecule has 0 saturated carbocycles. The lowest BCUT2D eigenvalue weighted by Gasteiger charge is -2.14. The van der Waals surface area contributed by atoms with E-state index in [0.29, 0.717) is 18.9 Å². The van der Waals surface area contributed by atoms with Crippen molar-refractivity contribution in [2.75, 3.05) is 18.5 Å². The highest BCUT2D eigenvalue weighted by Crippen LogP contribution is 2.27. The zero-order valence-corrected chi connectivity index (χ0v) is 10.6. The van der Waals surface area contributed by atoms with Crippen LogP contribution < -0.4 is 11.1 Å². The molecule has 4 N–H and O–H groups in total. The Morgan fingerprint density at radius 3 is 2.94 bits per heavy atom. The Morgan fingerprint density at radius 1 is 1.53 bits per heavy atom. The molecule has 1 fully saturated rings. The Bertz CT molecular complexity index is 439. The van der Waals surface area contributed by atoms with Gasteiger partial charge >= 0.3 is 0 Å². The number of hydrogen-bond acceptors (Lipinski definition) is 4. The lowest BCUT2D eigenvalue weighted by molar-refractivity contribution is -0.120. The van der Waals surface area contributed by atoms with Gasteiger partial charge in [-0.3, -0.25) is 4.79 Å². The number of rotatable bonds is 2. The zero-order chi connectivity index (χ0) is 12.4. The molecule has 1 aromatic rings. The number of carbonyl (C=O) groups is 1. The van der Waals surface area contributed by atoms with Crippen LogP contribution in [0.4, 0.5) is 5.69 Å². The van der Waals surface area contributed by atoms with Crippen LogP contribution in [-0.2, 0) is 9.53 Å². The highest BCUT2D eigenvalue weighted by molar-refractivity contribution is 9.10. The lowest BCUT2D eigenvalue weighted by atomic mass is 10.0. The standard InChI is InChI=1S/C11H13BrN2O3/c12-6-1-2-10(15)9(3-6)14-11(16)7-4-17-5-8(7)13/h1-3,7-8,15H,4-5,13H2,(H,14,16). The first-order valence-electron chi connectivity index (χ1n) is 5.20. The lowest BCUT2D eigenvalue weighted by Crippen LogP contribution is -2.37. The van der Waals surface area contributed by atoms with Gasteiger partial charge in [-0.15, -0.1) is 0 Å². The van der Waals surface area contributed by atoms with E-state index < -0.39 is 0 Å². The smallest absolute Gasteiger partial charge is 0.231 e. The molecule has 2 atom stereocenters. The van der Waals surface area contributed by atoms with Gasteiger partial charge in [-0.2, -0.15) is 0 Å². The molecule has 0 bridgehead atoms. The molecule has 1 aliphatic rings. The summed E-state index contributed by atoms with van der Waals surface area (Å²) >= 11 is 3.27. The van der Waals surface area contributed by atoms with E-state index in [2.05, 4.69) is 21.2 Å². The predicted octanol–water partition coefficient (Wildman–Crippen LogP) is 1.07. The molecule has 1 aliphatic heterocycles. The average molecular weight is 301 g/mol. The number of ether oxygens (including phenoxy) is 1. The summed E-state index contributed by atoms with van der Waals surface area (Å²) in [6.07, 6.45) is 0. The number of hydrogen-bond donors (Lipinski definition) is 3. The Balaban J connectivity index is 2.10. The number of nitrogens with one attached hydrogen (secondary N) is 1. The molecule has 92 valence electrons. The number of phenols is 1. The van der Waals surface area contributed by atoms with Gasteiger partial charge in [0, 0.05) is 10.5 Å². The largest absolute Gasteiger partial charge is 0.506 e. The van der Waals surface area contributed by atoms with Gasteiger partial charge in [-0.1, -0.05) is 15.9 Å². The number of carbonyl (C=O) groups excluding carboxylic acids is 1. The van der Waals surface area contributed by atoms with Gasteiger partial charge in [0.05, 0.1) is 24.8 Å². The minimum Gasteiger partial charge on any atom is -0.506 e. The summed E-state index contributed by atoms with van der Waals surface area (Å²) in [4.78, 5) is 11.9. The summed E-state index contributed by atoms with van der Waals surface area (Å²) in [5.74, 6) is -0.578. The van der Waals surface area contributed by atoms with E-state index in [1.807, 2.05) is 0 Å². The second kappa shape index (κ2) is 5.03. The van der Waals surface area contributed by atoms with E-state index in [-0.39, 0.29) is 23.6 Å². The van der Waals surface area contributed by atoms with Gasteiger partial charge in [0.1, 0.15) is 5.75 Å². The molecule has 17 heavy (non-hydrogen) atoms. The van der Waals surface area contributed by atoms with E-state index >= 15 is 0 Å². The van der Waals surface area contributed by atoms with E-state index in [1.54, 1.807) is 12.1 Å². The molecular formula is C11H13BrN2O3. The van der Waals surface area contributed by atoms with Crippen LogP contribution in [-0.4, -0.2) is 30.3 Å². The van der Waals surface area contributed by atoms with Crippen LogP contribution in [0.25, 0.3) is 0 Å². The quantitative estimate of drug-likeness (QED) is 0.713. The third kappa shape index (κ3) is 2.77. The van der Waals surface area contributed by atoms with Crippen molar-refractivity contribution in [1.82, 2.24) is 0 Å². The second-order valence-corrected chi connectivity index (χ2v) is 4.87. The number of anilines is 1. The zero-order valence-electron chi connectivity index (χ0n) is 9.02. The van der Waals surface area contributed by atoms with E-state index in [1.165, 1.54) is 6.07 Å². The van der Waals surface area contributed by atoms with Gasteiger partial charge in [0.2, 0.25) is 5.91 Å². The summed E-state index contributed by atoms with van der Waals surface area (Å²) in [5.41, 5.74) is 6.11. The van der Waals surface area contributed by atoms with E-state index in [9.17, 15) is 9.90 Å². The Labute approximate surface area is 107 Å². The molecule has 6 heteroatoms. The van der Waals surface area contributed by atoms with Crippen molar-refractivity contribution in [2.24, 2.45) is 11.7 Å². The normalized spacial score (nSPS) is 23.6. The predicted molar refractivity (Wildman–Crippen MR) is 66.7 cm³/mol. The van der Waals surface area contributed by atoms with Crippen molar-refractivity contribution < 1.29 is 14.6 Å². The first kappa shape index (κ1) is 12.3. The molecular weight excluding hydrogens is 288 g/mol. The monoisotopic (exact) mass is 300 g/mol. The second-order valence-electron chi connectivity index (χ2n) is 3.96. The summed E-state index contributed by atoms with van der Waals surface area (Å²) in [5, 5.41) is 12.2. The topological polar surface area (TPSA) is 84.6 Å². The van der Waals surface area contributed by atoms with Crippen molar-refractivity contribution in [3.63, 3.8) is 0 Å². The molecule has 0 radical (unpaired) electrons.